The van der Waals surface area contributed by atoms with Gasteiger partial charge in [0, 0.05) is 26.2 Å². The van der Waals surface area contributed by atoms with Crippen molar-refractivity contribution in [1.29, 1.82) is 0 Å². The molecule has 1 aromatic rings. The molecule has 2 aliphatic rings. The molecule has 0 bridgehead atoms. The zero-order valence-corrected chi connectivity index (χ0v) is 13.0. The topological polar surface area (TPSA) is 66.9 Å². The quantitative estimate of drug-likeness (QED) is 0.601. The lowest BCUT2D eigenvalue weighted by Crippen LogP contribution is -2.49. The molecular weight excluding hydrogens is 284 g/mol. The maximum atomic E-state index is 12.0. The van der Waals surface area contributed by atoms with Crippen LogP contribution in [-0.4, -0.2) is 38.8 Å². The lowest BCUT2D eigenvalue weighted by molar-refractivity contribution is -0.148. The summed E-state index contributed by atoms with van der Waals surface area (Å²) in [6.45, 7) is 5.04. The molecule has 120 valence electrons. The molecule has 2 fully saturated rings. The van der Waals surface area contributed by atoms with Gasteiger partial charge in [-0.25, -0.2) is 0 Å². The molecule has 3 rings (SSSR count). The third-order valence-electron chi connectivity index (χ3n) is 4.64. The first-order valence-electron chi connectivity index (χ1n) is 8.13. The smallest absolute Gasteiger partial charge is 0.310 e. The van der Waals surface area contributed by atoms with Gasteiger partial charge in [0.25, 0.3) is 10.9 Å². The molecule has 2 heterocycles. The highest BCUT2D eigenvalue weighted by Gasteiger charge is 2.35. The van der Waals surface area contributed by atoms with Gasteiger partial charge in [-0.1, -0.05) is 0 Å². The van der Waals surface area contributed by atoms with Crippen molar-refractivity contribution in [2.75, 3.05) is 42.6 Å². The van der Waals surface area contributed by atoms with Crippen LogP contribution in [0, 0.1) is 5.92 Å². The summed E-state index contributed by atoms with van der Waals surface area (Å²) in [7, 11) is 0. The maximum Gasteiger partial charge on any atom is 0.310 e. The normalized spacial score (nSPS) is 22.3. The van der Waals surface area contributed by atoms with E-state index in [1.54, 1.807) is 6.92 Å². The molecule has 22 heavy (non-hydrogen) atoms. The van der Waals surface area contributed by atoms with E-state index in [1.807, 2.05) is 9.80 Å². The summed E-state index contributed by atoms with van der Waals surface area (Å²) >= 11 is 0. The van der Waals surface area contributed by atoms with Crippen LogP contribution in [0.1, 0.15) is 32.6 Å². The van der Waals surface area contributed by atoms with Crippen LogP contribution >= 0.6 is 0 Å². The minimum absolute atomic E-state index is 0.200. The summed E-state index contributed by atoms with van der Waals surface area (Å²) < 4.78 is 5.09. The van der Waals surface area contributed by atoms with E-state index in [2.05, 4.69) is 0 Å². The highest BCUT2D eigenvalue weighted by molar-refractivity contribution is 5.79. The molecule has 2 saturated heterocycles. The minimum Gasteiger partial charge on any atom is -0.466 e. The number of anilines is 2. The van der Waals surface area contributed by atoms with E-state index in [-0.39, 0.29) is 17.3 Å². The second kappa shape index (κ2) is 6.10. The molecule has 6 nitrogen and oxygen atoms in total. The summed E-state index contributed by atoms with van der Waals surface area (Å²) in [6, 6.07) is 0. The van der Waals surface area contributed by atoms with Gasteiger partial charge >= 0.3 is 5.97 Å². The Hall–Kier alpha value is -1.85. The van der Waals surface area contributed by atoms with Crippen LogP contribution < -0.4 is 20.7 Å². The van der Waals surface area contributed by atoms with Crippen molar-refractivity contribution in [3.8, 4) is 0 Å². The summed E-state index contributed by atoms with van der Waals surface area (Å²) in [4.78, 5) is 39.9. The average molecular weight is 306 g/mol. The number of ether oxygens (including phenoxy) is 1. The number of carbonyl (C=O) groups excluding carboxylic acids is 1. The molecule has 0 radical (unpaired) electrons. The Morgan fingerprint density at radius 3 is 2.27 bits per heavy atom. The number of carbonyl (C=O) groups is 1. The van der Waals surface area contributed by atoms with E-state index in [0.29, 0.717) is 24.5 Å². The van der Waals surface area contributed by atoms with E-state index in [4.69, 9.17) is 4.74 Å². The molecule has 2 aliphatic heterocycles. The van der Waals surface area contributed by atoms with Gasteiger partial charge in [-0.2, -0.15) is 0 Å². The largest absolute Gasteiger partial charge is 0.466 e. The third kappa shape index (κ3) is 2.51. The van der Waals surface area contributed by atoms with E-state index in [1.165, 1.54) is 0 Å². The summed E-state index contributed by atoms with van der Waals surface area (Å²) in [5, 5.41) is 0. The highest BCUT2D eigenvalue weighted by atomic mass is 16.5. The fourth-order valence-corrected chi connectivity index (χ4v) is 3.53. The average Bonchev–Trinajstić information content (AvgIpc) is 3.05. The predicted octanol–water partition coefficient (Wildman–Crippen LogP) is 0.662. The Kier molecular flexibility index (Phi) is 4.18. The first-order valence-corrected chi connectivity index (χ1v) is 8.13. The molecule has 0 saturated carbocycles. The molecule has 1 unspecified atom stereocenters. The van der Waals surface area contributed by atoms with Crippen LogP contribution in [0.25, 0.3) is 0 Å². The Bertz CT molecular complexity index is 626. The Labute approximate surface area is 129 Å². The second-order valence-electron chi connectivity index (χ2n) is 6.09. The first kappa shape index (κ1) is 15.1. The third-order valence-corrected chi connectivity index (χ3v) is 4.64. The van der Waals surface area contributed by atoms with Crippen molar-refractivity contribution in [2.45, 2.75) is 32.6 Å². The number of rotatable bonds is 4. The van der Waals surface area contributed by atoms with Crippen molar-refractivity contribution in [1.82, 2.24) is 0 Å². The van der Waals surface area contributed by atoms with Crippen molar-refractivity contribution in [3.63, 3.8) is 0 Å². The fourth-order valence-electron chi connectivity index (χ4n) is 3.53. The molecule has 0 amide bonds. The van der Waals surface area contributed by atoms with Gasteiger partial charge in [0.05, 0.1) is 12.5 Å². The summed E-state index contributed by atoms with van der Waals surface area (Å²) in [5.41, 5.74) is 0.342. The van der Waals surface area contributed by atoms with Gasteiger partial charge in [-0.3, -0.25) is 14.4 Å². The van der Waals surface area contributed by atoms with Crippen LogP contribution in [0.15, 0.2) is 9.59 Å². The van der Waals surface area contributed by atoms with Crippen molar-refractivity contribution in [3.05, 3.63) is 20.4 Å². The van der Waals surface area contributed by atoms with E-state index >= 15 is 0 Å². The van der Waals surface area contributed by atoms with Crippen molar-refractivity contribution < 1.29 is 9.53 Å². The molecule has 1 aromatic carbocycles. The minimum atomic E-state index is -0.397. The zero-order valence-electron chi connectivity index (χ0n) is 13.0. The van der Waals surface area contributed by atoms with E-state index in [0.717, 1.165) is 45.3 Å². The molecule has 6 heteroatoms. The van der Waals surface area contributed by atoms with Crippen LogP contribution in [0.4, 0.5) is 11.4 Å². The maximum absolute atomic E-state index is 12.0. The van der Waals surface area contributed by atoms with E-state index in [9.17, 15) is 14.4 Å². The standard InChI is InChI=1S/C16H22N2O4/c1-2-22-16(21)11-6-5-9-18(10-11)13-12(14(19)15(13)20)17-7-3-4-8-17/h11H,2-10H2,1H3. The fraction of sp³-hybridized carbons (Fsp3) is 0.688. The number of hydrogen-bond acceptors (Lipinski definition) is 6. The zero-order chi connectivity index (χ0) is 15.7. The lowest BCUT2D eigenvalue weighted by Gasteiger charge is -2.36. The van der Waals surface area contributed by atoms with Crippen LogP contribution in [0.2, 0.25) is 0 Å². The summed E-state index contributed by atoms with van der Waals surface area (Å²) in [5.74, 6) is -0.404. The highest BCUT2D eigenvalue weighted by Crippen LogP contribution is 2.31. The lowest BCUT2D eigenvalue weighted by atomic mass is 9.96. The van der Waals surface area contributed by atoms with Crippen LogP contribution in [0.5, 0.6) is 0 Å². The monoisotopic (exact) mass is 306 g/mol. The first-order chi connectivity index (χ1) is 10.6. The molecule has 0 aliphatic carbocycles. The van der Waals surface area contributed by atoms with Gasteiger partial charge < -0.3 is 14.5 Å². The van der Waals surface area contributed by atoms with Gasteiger partial charge in [-0.05, 0) is 32.6 Å². The SMILES string of the molecule is CCOC(=O)C1CCCN(c2c(N3CCCC3)c(=O)c2=O)C1. The van der Waals surface area contributed by atoms with Crippen LogP contribution in [-0.2, 0) is 9.53 Å². The molecule has 0 aromatic heterocycles. The molecule has 1 atom stereocenters. The Morgan fingerprint density at radius 1 is 1.05 bits per heavy atom. The van der Waals surface area contributed by atoms with Crippen LogP contribution in [0.3, 0.4) is 0 Å². The number of nitrogens with zero attached hydrogens (tertiary/aromatic N) is 2. The van der Waals surface area contributed by atoms with Crippen molar-refractivity contribution in [2.24, 2.45) is 5.92 Å². The predicted molar refractivity (Wildman–Crippen MR) is 84.4 cm³/mol. The number of hydrogen-bond donors (Lipinski definition) is 0. The Balaban J connectivity index is 1.79. The number of esters is 1. The Morgan fingerprint density at radius 2 is 1.64 bits per heavy atom. The summed E-state index contributed by atoms with van der Waals surface area (Å²) in [6.07, 6.45) is 3.74. The van der Waals surface area contributed by atoms with E-state index < -0.39 is 5.43 Å². The molecule has 0 N–H and O–H groups in total. The second-order valence-corrected chi connectivity index (χ2v) is 6.09. The molecular formula is C16H22N2O4. The van der Waals surface area contributed by atoms with Crippen molar-refractivity contribution >= 4 is 17.3 Å². The van der Waals surface area contributed by atoms with Gasteiger partial charge in [-0.15, -0.1) is 0 Å². The number of piperidine rings is 1. The molecule has 0 spiro atoms. The van der Waals surface area contributed by atoms with Gasteiger partial charge in [0.1, 0.15) is 11.4 Å². The van der Waals surface area contributed by atoms with Gasteiger partial charge in [0.15, 0.2) is 0 Å². The van der Waals surface area contributed by atoms with Gasteiger partial charge in [0.2, 0.25) is 0 Å².